The number of rotatable bonds is 1. The van der Waals surface area contributed by atoms with Crippen molar-refractivity contribution in [1.82, 2.24) is 10.2 Å². The van der Waals surface area contributed by atoms with Crippen molar-refractivity contribution in [3.05, 3.63) is 28.8 Å². The number of aromatic hydroxyl groups is 1. The smallest absolute Gasteiger partial charge is 0.147 e. The van der Waals surface area contributed by atoms with Gasteiger partial charge in [-0.3, -0.25) is 0 Å². The van der Waals surface area contributed by atoms with Gasteiger partial charge in [0, 0.05) is 16.7 Å². The SMILES string of the molecule is CC(C)(C)c1cc(-c2nncs2)cc(C(C)(C)C)c1O. The maximum absolute atomic E-state index is 10.6. The van der Waals surface area contributed by atoms with Gasteiger partial charge in [0.15, 0.2) is 0 Å². The molecule has 0 spiro atoms. The first-order valence-electron chi connectivity index (χ1n) is 6.75. The number of aromatic nitrogens is 2. The second-order valence-electron chi connectivity index (χ2n) is 7.16. The molecule has 4 heteroatoms. The van der Waals surface area contributed by atoms with Crippen molar-refractivity contribution in [2.45, 2.75) is 52.4 Å². The van der Waals surface area contributed by atoms with Crippen LogP contribution in [0.5, 0.6) is 5.75 Å². The van der Waals surface area contributed by atoms with E-state index in [1.54, 1.807) is 5.51 Å². The highest BCUT2D eigenvalue weighted by Crippen LogP contribution is 2.42. The summed E-state index contributed by atoms with van der Waals surface area (Å²) in [6, 6.07) is 4.07. The predicted molar refractivity (Wildman–Crippen MR) is 84.4 cm³/mol. The van der Waals surface area contributed by atoms with Crippen LogP contribution < -0.4 is 0 Å². The van der Waals surface area contributed by atoms with Crippen LogP contribution in [0.25, 0.3) is 10.6 Å². The summed E-state index contributed by atoms with van der Waals surface area (Å²) in [4.78, 5) is 0. The van der Waals surface area contributed by atoms with E-state index in [1.165, 1.54) is 11.3 Å². The molecule has 0 amide bonds. The summed E-state index contributed by atoms with van der Waals surface area (Å²) in [7, 11) is 0. The van der Waals surface area contributed by atoms with Crippen LogP contribution in [-0.2, 0) is 10.8 Å². The first-order valence-corrected chi connectivity index (χ1v) is 7.63. The molecule has 0 bridgehead atoms. The van der Waals surface area contributed by atoms with Crippen LogP contribution >= 0.6 is 11.3 Å². The molecule has 1 aromatic heterocycles. The Morgan fingerprint density at radius 3 is 1.80 bits per heavy atom. The van der Waals surface area contributed by atoms with Crippen molar-refractivity contribution in [3.8, 4) is 16.3 Å². The lowest BCUT2D eigenvalue weighted by molar-refractivity contribution is 0.423. The highest BCUT2D eigenvalue weighted by atomic mass is 32.1. The van der Waals surface area contributed by atoms with Crippen LogP contribution in [0, 0.1) is 0 Å². The van der Waals surface area contributed by atoms with Crippen molar-refractivity contribution in [2.24, 2.45) is 0 Å². The number of nitrogens with zero attached hydrogens (tertiary/aromatic N) is 2. The minimum atomic E-state index is -0.120. The van der Waals surface area contributed by atoms with Gasteiger partial charge in [0.2, 0.25) is 0 Å². The van der Waals surface area contributed by atoms with Gasteiger partial charge in [0.25, 0.3) is 0 Å². The molecule has 0 fully saturated rings. The van der Waals surface area contributed by atoms with E-state index in [9.17, 15) is 5.11 Å². The van der Waals surface area contributed by atoms with E-state index in [-0.39, 0.29) is 10.8 Å². The van der Waals surface area contributed by atoms with Gasteiger partial charge in [-0.2, -0.15) is 0 Å². The van der Waals surface area contributed by atoms with Crippen molar-refractivity contribution in [1.29, 1.82) is 0 Å². The lowest BCUT2D eigenvalue weighted by Gasteiger charge is -2.27. The number of phenolic OH excluding ortho intramolecular Hbond substituents is 1. The lowest BCUT2D eigenvalue weighted by atomic mass is 9.78. The summed E-state index contributed by atoms with van der Waals surface area (Å²) in [6.45, 7) is 12.7. The molecule has 1 aromatic carbocycles. The van der Waals surface area contributed by atoms with Gasteiger partial charge in [0.05, 0.1) is 0 Å². The quantitative estimate of drug-likeness (QED) is 0.840. The first kappa shape index (κ1) is 15.0. The largest absolute Gasteiger partial charge is 0.507 e. The fourth-order valence-electron chi connectivity index (χ4n) is 2.20. The molecule has 2 aromatic rings. The van der Waals surface area contributed by atoms with E-state index < -0.39 is 0 Å². The van der Waals surface area contributed by atoms with E-state index in [4.69, 9.17) is 0 Å². The minimum absolute atomic E-state index is 0.120. The normalized spacial score (nSPS) is 12.7. The van der Waals surface area contributed by atoms with E-state index in [1.807, 2.05) is 12.1 Å². The van der Waals surface area contributed by atoms with Gasteiger partial charge in [-0.25, -0.2) is 0 Å². The van der Waals surface area contributed by atoms with Crippen LogP contribution in [0.4, 0.5) is 0 Å². The molecular weight excluding hydrogens is 268 g/mol. The summed E-state index contributed by atoms with van der Waals surface area (Å²) < 4.78 is 0. The fraction of sp³-hybridized carbons (Fsp3) is 0.500. The van der Waals surface area contributed by atoms with Crippen molar-refractivity contribution >= 4 is 11.3 Å². The zero-order valence-corrected chi connectivity index (χ0v) is 13.8. The monoisotopic (exact) mass is 290 g/mol. The van der Waals surface area contributed by atoms with Crippen molar-refractivity contribution in [2.75, 3.05) is 0 Å². The van der Waals surface area contributed by atoms with Crippen LogP contribution in [-0.4, -0.2) is 15.3 Å². The molecule has 1 heterocycles. The maximum Gasteiger partial charge on any atom is 0.147 e. The third-order valence-electron chi connectivity index (χ3n) is 3.33. The Morgan fingerprint density at radius 1 is 0.950 bits per heavy atom. The van der Waals surface area contributed by atoms with Gasteiger partial charge < -0.3 is 5.11 Å². The maximum atomic E-state index is 10.6. The van der Waals surface area contributed by atoms with Crippen LogP contribution in [0.2, 0.25) is 0 Å². The molecule has 3 nitrogen and oxygen atoms in total. The van der Waals surface area contributed by atoms with Gasteiger partial charge in [0.1, 0.15) is 16.3 Å². The summed E-state index contributed by atoms with van der Waals surface area (Å²) >= 11 is 1.52. The van der Waals surface area contributed by atoms with E-state index in [2.05, 4.69) is 51.7 Å². The van der Waals surface area contributed by atoms with Gasteiger partial charge >= 0.3 is 0 Å². The average Bonchev–Trinajstić information content (AvgIpc) is 2.79. The van der Waals surface area contributed by atoms with Gasteiger partial charge in [-0.1, -0.05) is 52.9 Å². The number of phenols is 1. The van der Waals surface area contributed by atoms with E-state index in [0.717, 1.165) is 21.7 Å². The van der Waals surface area contributed by atoms with Crippen molar-refractivity contribution in [3.63, 3.8) is 0 Å². The fourth-order valence-corrected chi connectivity index (χ4v) is 2.74. The van der Waals surface area contributed by atoms with Gasteiger partial charge in [-0.15, -0.1) is 10.2 Å². The summed E-state index contributed by atoms with van der Waals surface area (Å²) in [5.74, 6) is 0.401. The predicted octanol–water partition coefficient (Wildman–Crippen LogP) is 4.51. The molecule has 2 rings (SSSR count). The molecule has 0 saturated carbocycles. The molecule has 1 N–H and O–H groups in total. The molecule has 0 aliphatic rings. The highest BCUT2D eigenvalue weighted by Gasteiger charge is 2.27. The number of hydrogen-bond donors (Lipinski definition) is 1. The van der Waals surface area contributed by atoms with Gasteiger partial charge in [-0.05, 0) is 23.0 Å². The number of hydrogen-bond acceptors (Lipinski definition) is 4. The van der Waals surface area contributed by atoms with E-state index in [0.29, 0.717) is 5.75 Å². The zero-order valence-electron chi connectivity index (χ0n) is 13.0. The Bertz CT molecular complexity index is 569. The summed E-state index contributed by atoms with van der Waals surface area (Å²) in [5, 5.41) is 19.6. The van der Waals surface area contributed by atoms with E-state index >= 15 is 0 Å². The molecule has 0 aliphatic carbocycles. The van der Waals surface area contributed by atoms with Crippen LogP contribution in [0.1, 0.15) is 52.7 Å². The van der Waals surface area contributed by atoms with Crippen LogP contribution in [0.15, 0.2) is 17.6 Å². The molecular formula is C16H22N2OS. The molecule has 108 valence electrons. The molecule has 20 heavy (non-hydrogen) atoms. The third-order valence-corrected chi connectivity index (χ3v) is 4.07. The zero-order chi connectivity index (χ0) is 15.1. The first-order chi connectivity index (χ1) is 9.10. The standard InChI is InChI=1S/C16H22N2OS/c1-15(2,3)11-7-10(14-18-17-9-20-14)8-12(13(11)19)16(4,5)6/h7-9,19H,1-6H3. The Hall–Kier alpha value is -1.42. The molecule has 0 aliphatic heterocycles. The Balaban J connectivity index is 2.74. The summed E-state index contributed by atoms with van der Waals surface area (Å²) in [6.07, 6.45) is 0. The van der Waals surface area contributed by atoms with Crippen LogP contribution in [0.3, 0.4) is 0 Å². The second kappa shape index (κ2) is 4.85. The molecule has 0 radical (unpaired) electrons. The lowest BCUT2D eigenvalue weighted by Crippen LogP contribution is -2.17. The topological polar surface area (TPSA) is 46.0 Å². The molecule has 0 unspecified atom stereocenters. The Morgan fingerprint density at radius 2 is 1.45 bits per heavy atom. The Labute approximate surface area is 124 Å². The summed E-state index contributed by atoms with van der Waals surface area (Å²) in [5.41, 5.74) is 4.43. The highest BCUT2D eigenvalue weighted by molar-refractivity contribution is 7.12. The minimum Gasteiger partial charge on any atom is -0.507 e. The second-order valence-corrected chi connectivity index (χ2v) is 8.00. The third kappa shape index (κ3) is 2.85. The number of benzene rings is 1. The Kier molecular flexibility index (Phi) is 3.63. The molecule has 0 atom stereocenters. The average molecular weight is 290 g/mol. The molecule has 0 saturated heterocycles. The van der Waals surface area contributed by atoms with Crippen molar-refractivity contribution < 1.29 is 5.11 Å².